The molecule has 1 aromatic rings. The smallest absolute Gasteiger partial charge is 0.545 e. The number of pyridine rings is 1. The Hall–Kier alpha value is -0.380. The van der Waals surface area contributed by atoms with Crippen molar-refractivity contribution < 1.29 is 39.5 Å². The van der Waals surface area contributed by atoms with Crippen molar-refractivity contribution in [2.45, 2.75) is 13.8 Å². The summed E-state index contributed by atoms with van der Waals surface area (Å²) in [4.78, 5) is 14.3. The zero-order chi connectivity index (χ0) is 8.43. The maximum atomic E-state index is 10.5. The van der Waals surface area contributed by atoms with E-state index in [0.29, 0.717) is 11.3 Å². The van der Waals surface area contributed by atoms with Crippen LogP contribution in [0.3, 0.4) is 0 Å². The number of carboxylic acid groups (broad SMARTS) is 1. The molecule has 0 atom stereocenters. The van der Waals surface area contributed by atoms with Gasteiger partial charge < -0.3 is 9.90 Å². The Labute approximate surface area is 93.1 Å². The SMILES string of the molecule is Cc1ccnc(C)c1C(=O)[O-].[Na+]. The predicted molar refractivity (Wildman–Crippen MR) is 38.0 cm³/mol. The standard InChI is InChI=1S/C8H9NO2.Na/c1-5-3-4-9-6(2)7(5)8(10)11;/h3-4H,1-2H3,(H,10,11);/q;+1/p-1. The van der Waals surface area contributed by atoms with Gasteiger partial charge in [0.1, 0.15) is 0 Å². The zero-order valence-electron chi connectivity index (χ0n) is 7.42. The topological polar surface area (TPSA) is 53.0 Å². The van der Waals surface area contributed by atoms with E-state index in [9.17, 15) is 9.90 Å². The van der Waals surface area contributed by atoms with Gasteiger partial charge in [0.15, 0.2) is 0 Å². The van der Waals surface area contributed by atoms with Crippen LogP contribution in [-0.2, 0) is 0 Å². The van der Waals surface area contributed by atoms with E-state index in [4.69, 9.17) is 0 Å². The van der Waals surface area contributed by atoms with Gasteiger partial charge in [0.05, 0.1) is 5.97 Å². The quantitative estimate of drug-likeness (QED) is 0.427. The Morgan fingerprint density at radius 2 is 2.08 bits per heavy atom. The van der Waals surface area contributed by atoms with Crippen LogP contribution in [0.2, 0.25) is 0 Å². The number of carbonyl (C=O) groups is 1. The van der Waals surface area contributed by atoms with Gasteiger partial charge in [0.25, 0.3) is 0 Å². The Morgan fingerprint density at radius 1 is 1.50 bits per heavy atom. The van der Waals surface area contributed by atoms with Crippen molar-refractivity contribution in [3.8, 4) is 0 Å². The van der Waals surface area contributed by atoms with Crippen LogP contribution in [0.25, 0.3) is 0 Å². The van der Waals surface area contributed by atoms with Gasteiger partial charge in [-0.3, -0.25) is 4.98 Å². The summed E-state index contributed by atoms with van der Waals surface area (Å²) in [6.07, 6.45) is 1.58. The normalized spacial score (nSPS) is 8.83. The van der Waals surface area contributed by atoms with E-state index in [-0.39, 0.29) is 35.1 Å². The second kappa shape index (κ2) is 4.60. The summed E-state index contributed by atoms with van der Waals surface area (Å²) in [5, 5.41) is 10.5. The number of hydrogen-bond acceptors (Lipinski definition) is 3. The fourth-order valence-corrected chi connectivity index (χ4v) is 1.00. The summed E-state index contributed by atoms with van der Waals surface area (Å²) in [6.45, 7) is 3.37. The Bertz CT molecular complexity index is 279. The second-order valence-electron chi connectivity index (χ2n) is 2.38. The van der Waals surface area contributed by atoms with Crippen LogP contribution in [0.4, 0.5) is 0 Å². The van der Waals surface area contributed by atoms with Crippen LogP contribution < -0.4 is 34.7 Å². The van der Waals surface area contributed by atoms with E-state index < -0.39 is 5.97 Å². The summed E-state index contributed by atoms with van der Waals surface area (Å²) in [5.74, 6) is -1.16. The first kappa shape index (κ1) is 11.6. The monoisotopic (exact) mass is 173 g/mol. The van der Waals surface area contributed by atoms with Crippen molar-refractivity contribution in [2.75, 3.05) is 0 Å². The molecular weight excluding hydrogens is 165 g/mol. The van der Waals surface area contributed by atoms with E-state index in [2.05, 4.69) is 4.98 Å². The molecule has 0 aliphatic heterocycles. The van der Waals surface area contributed by atoms with E-state index in [1.807, 2.05) is 0 Å². The van der Waals surface area contributed by atoms with Gasteiger partial charge in [-0.15, -0.1) is 0 Å². The van der Waals surface area contributed by atoms with Crippen molar-refractivity contribution in [3.63, 3.8) is 0 Å². The van der Waals surface area contributed by atoms with Gasteiger partial charge in [-0.2, -0.15) is 0 Å². The van der Waals surface area contributed by atoms with E-state index in [0.717, 1.165) is 0 Å². The van der Waals surface area contributed by atoms with E-state index in [1.165, 1.54) is 0 Å². The molecule has 4 heteroatoms. The van der Waals surface area contributed by atoms with Gasteiger partial charge in [0, 0.05) is 17.5 Å². The van der Waals surface area contributed by atoms with Gasteiger partial charge in [-0.25, -0.2) is 0 Å². The van der Waals surface area contributed by atoms with Gasteiger partial charge in [-0.05, 0) is 25.5 Å². The number of rotatable bonds is 1. The summed E-state index contributed by atoms with van der Waals surface area (Å²) >= 11 is 0. The van der Waals surface area contributed by atoms with Crippen molar-refractivity contribution in [3.05, 3.63) is 29.1 Å². The fraction of sp³-hybridized carbons (Fsp3) is 0.250. The number of nitrogens with zero attached hydrogens (tertiary/aromatic N) is 1. The summed E-state index contributed by atoms with van der Waals surface area (Å²) in [7, 11) is 0. The van der Waals surface area contributed by atoms with Crippen LogP contribution in [-0.4, -0.2) is 11.0 Å². The Morgan fingerprint density at radius 3 is 2.42 bits per heavy atom. The molecule has 0 aliphatic carbocycles. The van der Waals surface area contributed by atoms with E-state index in [1.54, 1.807) is 26.1 Å². The molecule has 0 radical (unpaired) electrons. The van der Waals surface area contributed by atoms with Crippen LogP contribution in [0.15, 0.2) is 12.3 Å². The maximum Gasteiger partial charge on any atom is 1.00 e. The minimum Gasteiger partial charge on any atom is -0.545 e. The van der Waals surface area contributed by atoms with Crippen molar-refractivity contribution in [1.29, 1.82) is 0 Å². The summed E-state index contributed by atoms with van der Waals surface area (Å²) in [6, 6.07) is 1.65. The maximum absolute atomic E-state index is 10.5. The van der Waals surface area contributed by atoms with Gasteiger partial charge >= 0.3 is 29.6 Å². The number of aromatic carboxylic acids is 1. The molecule has 1 heterocycles. The summed E-state index contributed by atoms with van der Waals surface area (Å²) < 4.78 is 0. The van der Waals surface area contributed by atoms with E-state index >= 15 is 0 Å². The third-order valence-electron chi connectivity index (χ3n) is 1.55. The second-order valence-corrected chi connectivity index (χ2v) is 2.38. The molecule has 0 spiro atoms. The van der Waals surface area contributed by atoms with Crippen LogP contribution in [0, 0.1) is 13.8 Å². The minimum absolute atomic E-state index is 0. The average Bonchev–Trinajstić information content (AvgIpc) is 1.85. The fourth-order valence-electron chi connectivity index (χ4n) is 1.00. The molecule has 0 aliphatic rings. The third kappa shape index (κ3) is 2.30. The molecule has 1 rings (SSSR count). The molecule has 1 aromatic heterocycles. The molecule has 58 valence electrons. The molecule has 0 saturated heterocycles. The zero-order valence-corrected chi connectivity index (χ0v) is 9.42. The van der Waals surface area contributed by atoms with Crippen molar-refractivity contribution in [1.82, 2.24) is 4.98 Å². The largest absolute Gasteiger partial charge is 1.00 e. The Balaban J connectivity index is 0.00000121. The predicted octanol–water partition coefficient (Wildman–Crippen LogP) is -2.93. The average molecular weight is 173 g/mol. The first-order chi connectivity index (χ1) is 5.13. The molecule has 0 saturated carbocycles. The molecule has 12 heavy (non-hydrogen) atoms. The Kier molecular flexibility index (Phi) is 4.45. The van der Waals surface area contributed by atoms with Gasteiger partial charge in [0.2, 0.25) is 0 Å². The number of carbonyl (C=O) groups excluding carboxylic acids is 1. The van der Waals surface area contributed by atoms with Crippen LogP contribution in [0.5, 0.6) is 0 Å². The molecule has 0 aromatic carbocycles. The molecule has 3 nitrogen and oxygen atoms in total. The third-order valence-corrected chi connectivity index (χ3v) is 1.55. The summed E-state index contributed by atoms with van der Waals surface area (Å²) in [5.41, 5.74) is 1.40. The van der Waals surface area contributed by atoms with Crippen molar-refractivity contribution >= 4 is 5.97 Å². The first-order valence-corrected chi connectivity index (χ1v) is 3.26. The van der Waals surface area contributed by atoms with Crippen LogP contribution >= 0.6 is 0 Å². The molecule has 0 unspecified atom stereocenters. The molecule has 0 N–H and O–H groups in total. The van der Waals surface area contributed by atoms with Crippen LogP contribution in [0.1, 0.15) is 21.6 Å². The number of aryl methyl sites for hydroxylation is 2. The van der Waals surface area contributed by atoms with Crippen molar-refractivity contribution in [2.24, 2.45) is 0 Å². The number of hydrogen-bond donors (Lipinski definition) is 0. The minimum atomic E-state index is -1.16. The molecule has 0 bridgehead atoms. The first-order valence-electron chi connectivity index (χ1n) is 3.26. The molecular formula is C8H8NNaO2. The number of carboxylic acids is 1. The number of aromatic nitrogens is 1. The molecule has 0 fully saturated rings. The van der Waals surface area contributed by atoms with Gasteiger partial charge in [-0.1, -0.05) is 0 Å². The molecule has 0 amide bonds.